The quantitative estimate of drug-likeness (QED) is 0.373. The summed E-state index contributed by atoms with van der Waals surface area (Å²) in [7, 11) is 0. The molecule has 4 aliphatic rings. The molecule has 0 radical (unpaired) electrons. The third kappa shape index (κ3) is 4.96. The molecule has 1 aromatic heterocycles. The van der Waals surface area contributed by atoms with E-state index in [-0.39, 0.29) is 30.2 Å². The number of rotatable bonds is 6. The van der Waals surface area contributed by atoms with Crippen LogP contribution in [-0.4, -0.2) is 53.6 Å². The molecule has 2 bridgehead atoms. The van der Waals surface area contributed by atoms with Crippen molar-refractivity contribution in [2.24, 2.45) is 5.92 Å². The fourth-order valence-corrected chi connectivity index (χ4v) is 6.50. The van der Waals surface area contributed by atoms with E-state index in [0.29, 0.717) is 16.9 Å². The van der Waals surface area contributed by atoms with Crippen molar-refractivity contribution in [1.29, 1.82) is 0 Å². The summed E-state index contributed by atoms with van der Waals surface area (Å²) in [4.78, 5) is 30.4. The van der Waals surface area contributed by atoms with Crippen molar-refractivity contribution < 1.29 is 23.2 Å². The van der Waals surface area contributed by atoms with E-state index in [2.05, 4.69) is 22.4 Å². The Morgan fingerprint density at radius 1 is 1.06 bits per heavy atom. The van der Waals surface area contributed by atoms with Crippen LogP contribution in [0, 0.1) is 11.7 Å². The maximum atomic E-state index is 14.0. The van der Waals surface area contributed by atoms with Crippen molar-refractivity contribution in [3.05, 3.63) is 60.2 Å². The molecule has 0 unspecified atom stereocenters. The molecule has 1 atom stereocenters. The number of carbonyl (C=O) groups excluding carboxylic acids is 2. The van der Waals surface area contributed by atoms with E-state index >= 15 is 0 Å². The predicted molar refractivity (Wildman–Crippen MR) is 131 cm³/mol. The van der Waals surface area contributed by atoms with Crippen LogP contribution in [0.2, 0.25) is 0 Å². The first-order valence-electron chi connectivity index (χ1n) is 13.0. The molecule has 4 fully saturated rings. The zero-order valence-electron chi connectivity index (χ0n) is 20.3. The lowest BCUT2D eigenvalue weighted by atomic mass is 9.74. The predicted octanol–water partition coefficient (Wildman–Crippen LogP) is 4.60. The maximum absolute atomic E-state index is 14.0. The molecule has 35 heavy (non-hydrogen) atoms. The summed E-state index contributed by atoms with van der Waals surface area (Å²) in [5.41, 5.74) is 0.636. The van der Waals surface area contributed by atoms with Crippen molar-refractivity contribution in [1.82, 2.24) is 4.98 Å². The summed E-state index contributed by atoms with van der Waals surface area (Å²) in [6.07, 6.45) is 10.3. The number of ether oxygens (including phenoxy) is 1. The average molecular weight is 481 g/mol. The van der Waals surface area contributed by atoms with Gasteiger partial charge in [0.2, 0.25) is 0 Å². The fraction of sp³-hybridized carbons (Fsp3) is 0.536. The maximum Gasteiger partial charge on any atom is 0.317 e. The Balaban J connectivity index is 1.30. The first-order chi connectivity index (χ1) is 17.0. The van der Waals surface area contributed by atoms with Crippen molar-refractivity contribution in [3.63, 3.8) is 0 Å². The number of fused-ring (bicyclic) bond motifs is 3. The average Bonchev–Trinajstić information content (AvgIpc) is 3.14. The van der Waals surface area contributed by atoms with Crippen LogP contribution < -0.4 is 5.32 Å². The Bertz CT molecular complexity index is 1040. The molecular formula is C28H35FN3O3+. The molecule has 1 aromatic carbocycles. The van der Waals surface area contributed by atoms with E-state index in [1.54, 1.807) is 0 Å². The summed E-state index contributed by atoms with van der Waals surface area (Å²) >= 11 is 0. The monoisotopic (exact) mass is 480 g/mol. The molecule has 7 heteroatoms. The lowest BCUT2D eigenvalue weighted by Gasteiger charge is -2.52. The van der Waals surface area contributed by atoms with Crippen LogP contribution in [-0.2, 0) is 19.7 Å². The molecule has 0 spiro atoms. The van der Waals surface area contributed by atoms with Gasteiger partial charge in [0.15, 0.2) is 18.5 Å². The number of carbonyl (C=O) groups is 2. The number of amides is 1. The van der Waals surface area contributed by atoms with Crippen molar-refractivity contribution in [2.75, 3.05) is 31.5 Å². The zero-order chi connectivity index (χ0) is 24.3. The molecular weight excluding hydrogens is 445 g/mol. The van der Waals surface area contributed by atoms with Crippen molar-refractivity contribution in [2.45, 2.75) is 62.9 Å². The number of nitrogens with zero attached hydrogens (tertiary/aromatic N) is 2. The van der Waals surface area contributed by atoms with Gasteiger partial charge in [-0.2, -0.15) is 0 Å². The Morgan fingerprint density at radius 3 is 2.46 bits per heavy atom. The fourth-order valence-electron chi connectivity index (χ4n) is 6.50. The lowest BCUT2D eigenvalue weighted by Crippen LogP contribution is -2.66. The third-order valence-corrected chi connectivity index (χ3v) is 8.50. The van der Waals surface area contributed by atoms with E-state index in [1.807, 2.05) is 18.2 Å². The van der Waals surface area contributed by atoms with Gasteiger partial charge >= 0.3 is 5.97 Å². The number of nitrogens with one attached hydrogen (secondary N) is 1. The number of aromatic nitrogens is 1. The largest absolute Gasteiger partial charge is 0.455 e. The minimum atomic E-state index is -0.579. The highest BCUT2D eigenvalue weighted by molar-refractivity contribution is 5.91. The molecule has 1 aliphatic carbocycles. The Kier molecular flexibility index (Phi) is 6.87. The van der Waals surface area contributed by atoms with E-state index < -0.39 is 11.2 Å². The highest BCUT2D eigenvalue weighted by atomic mass is 19.1. The van der Waals surface area contributed by atoms with Gasteiger partial charge in [-0.15, -0.1) is 0 Å². The molecule has 6 rings (SSSR count). The number of anilines is 1. The van der Waals surface area contributed by atoms with Gasteiger partial charge in [0.05, 0.1) is 30.4 Å². The van der Waals surface area contributed by atoms with Gasteiger partial charge in [-0.1, -0.05) is 56.0 Å². The summed E-state index contributed by atoms with van der Waals surface area (Å²) in [5.74, 6) is -0.506. The van der Waals surface area contributed by atoms with E-state index in [0.717, 1.165) is 76.2 Å². The Labute approximate surface area is 206 Å². The highest BCUT2D eigenvalue weighted by Crippen LogP contribution is 2.42. The molecule has 3 aliphatic heterocycles. The topological polar surface area (TPSA) is 68.3 Å². The van der Waals surface area contributed by atoms with Crippen LogP contribution in [0.3, 0.4) is 0 Å². The van der Waals surface area contributed by atoms with Gasteiger partial charge in [-0.05, 0) is 24.5 Å². The summed E-state index contributed by atoms with van der Waals surface area (Å²) in [5, 5.41) is 2.70. The number of piperidine rings is 3. The SMILES string of the molecule is O=C(C[N+]12CCC(CC1)[C@@H](OC(=O)C1(c3ccccc3)CCCCCC1)C2)Nc1ccncc1F. The van der Waals surface area contributed by atoms with Crippen LogP contribution in [0.1, 0.15) is 56.9 Å². The van der Waals surface area contributed by atoms with E-state index in [9.17, 15) is 14.0 Å². The standard InChI is InChI=1S/C28H34FN3O3/c29-23-18-30-15-10-24(23)31-26(33)20-32-16-11-21(12-17-32)25(19-32)35-27(34)28(13-6-1-2-7-14-28)22-8-4-3-5-9-22/h3-5,8-10,15,18,21,25H,1-2,6-7,11-14,16-17,19-20H2/p+1/t21?,25-,32?/m0/s1. The molecule has 6 nitrogen and oxygen atoms in total. The number of hydrogen-bond acceptors (Lipinski definition) is 4. The van der Waals surface area contributed by atoms with Crippen LogP contribution in [0.4, 0.5) is 10.1 Å². The van der Waals surface area contributed by atoms with Gasteiger partial charge in [-0.3, -0.25) is 14.6 Å². The van der Waals surface area contributed by atoms with Crippen molar-refractivity contribution in [3.8, 4) is 0 Å². The molecule has 186 valence electrons. The van der Waals surface area contributed by atoms with Crippen LogP contribution in [0.5, 0.6) is 0 Å². The number of halogens is 1. The van der Waals surface area contributed by atoms with Crippen LogP contribution in [0.25, 0.3) is 0 Å². The van der Waals surface area contributed by atoms with E-state index in [4.69, 9.17) is 4.74 Å². The summed E-state index contributed by atoms with van der Waals surface area (Å²) < 4.78 is 20.9. The van der Waals surface area contributed by atoms with Crippen LogP contribution >= 0.6 is 0 Å². The number of benzene rings is 1. The third-order valence-electron chi connectivity index (χ3n) is 8.50. The smallest absolute Gasteiger partial charge is 0.317 e. The first kappa shape index (κ1) is 23.9. The lowest BCUT2D eigenvalue weighted by molar-refractivity contribution is -0.939. The molecule has 1 N–H and O–H groups in total. The van der Waals surface area contributed by atoms with Crippen LogP contribution in [0.15, 0.2) is 48.8 Å². The zero-order valence-corrected chi connectivity index (χ0v) is 20.3. The second kappa shape index (κ2) is 10.1. The van der Waals surface area contributed by atoms with Gasteiger partial charge in [0.25, 0.3) is 5.91 Å². The second-order valence-electron chi connectivity index (χ2n) is 10.7. The highest BCUT2D eigenvalue weighted by Gasteiger charge is 2.51. The van der Waals surface area contributed by atoms with Gasteiger partial charge < -0.3 is 14.5 Å². The molecule has 2 aromatic rings. The Morgan fingerprint density at radius 2 is 1.77 bits per heavy atom. The summed E-state index contributed by atoms with van der Waals surface area (Å²) in [6, 6.07) is 11.6. The van der Waals surface area contributed by atoms with Gasteiger partial charge in [-0.25, -0.2) is 4.39 Å². The van der Waals surface area contributed by atoms with Gasteiger partial charge in [0.1, 0.15) is 6.54 Å². The summed E-state index contributed by atoms with van der Waals surface area (Å²) in [6.45, 7) is 2.67. The first-order valence-corrected chi connectivity index (χ1v) is 13.0. The number of hydrogen-bond donors (Lipinski definition) is 1. The van der Waals surface area contributed by atoms with Gasteiger partial charge in [0, 0.05) is 25.0 Å². The number of pyridine rings is 1. The number of esters is 1. The molecule has 3 saturated heterocycles. The van der Waals surface area contributed by atoms with E-state index in [1.165, 1.54) is 12.3 Å². The Hall–Kier alpha value is -2.80. The minimum Gasteiger partial charge on any atom is -0.455 e. The molecule has 4 heterocycles. The molecule has 1 saturated carbocycles. The number of quaternary nitrogens is 1. The second-order valence-corrected chi connectivity index (χ2v) is 10.7. The van der Waals surface area contributed by atoms with Crippen molar-refractivity contribution >= 4 is 17.6 Å². The minimum absolute atomic E-state index is 0.0918. The normalized spacial score (nSPS) is 27.6. The molecule has 1 amide bonds.